The van der Waals surface area contributed by atoms with Gasteiger partial charge in [-0.25, -0.2) is 4.68 Å². The number of hydrogen-bond donors (Lipinski definition) is 2. The fraction of sp³-hybridized carbons (Fsp3) is 0.276. The minimum atomic E-state index is -0.449. The minimum absolute atomic E-state index is 0.212. The van der Waals surface area contributed by atoms with Gasteiger partial charge in [0.05, 0.1) is 17.9 Å². The van der Waals surface area contributed by atoms with Crippen LogP contribution in [0.15, 0.2) is 83.2 Å². The highest BCUT2D eigenvalue weighted by molar-refractivity contribution is 7.99. The number of ether oxygens (including phenoxy) is 1. The van der Waals surface area contributed by atoms with Crippen LogP contribution in [0.3, 0.4) is 0 Å². The first-order valence-corrected chi connectivity index (χ1v) is 13.7. The quantitative estimate of drug-likeness (QED) is 0.193. The summed E-state index contributed by atoms with van der Waals surface area (Å²) in [6.07, 6.45) is 2.21. The van der Waals surface area contributed by atoms with Crippen molar-refractivity contribution >= 4 is 40.1 Å². The van der Waals surface area contributed by atoms with Crippen molar-refractivity contribution < 1.29 is 9.53 Å². The van der Waals surface area contributed by atoms with Crippen molar-refractivity contribution in [3.8, 4) is 5.75 Å². The number of allylic oxidation sites excluding steroid dienone is 1. The number of amides is 1. The molecule has 4 aromatic rings. The van der Waals surface area contributed by atoms with Gasteiger partial charge in [-0.2, -0.15) is 4.98 Å². The smallest absolute Gasteiger partial charge is 0.255 e. The van der Waals surface area contributed by atoms with Gasteiger partial charge in [0.15, 0.2) is 0 Å². The number of nitrogens with one attached hydrogen (secondary N) is 2. The number of hydrogen-bond acceptors (Lipinski definition) is 6. The van der Waals surface area contributed by atoms with E-state index in [-0.39, 0.29) is 5.91 Å². The van der Waals surface area contributed by atoms with Gasteiger partial charge < -0.3 is 15.4 Å². The number of carbonyl (C=O) groups excluding carboxylic acids is 1. The highest BCUT2D eigenvalue weighted by Crippen LogP contribution is 2.39. The van der Waals surface area contributed by atoms with Crippen molar-refractivity contribution in [1.29, 1.82) is 0 Å². The van der Waals surface area contributed by atoms with Gasteiger partial charge in [-0.05, 0) is 48.7 Å². The predicted octanol–water partition coefficient (Wildman–Crippen LogP) is 6.65. The molecule has 0 spiro atoms. The number of aromatic nitrogens is 3. The van der Waals surface area contributed by atoms with Crippen molar-refractivity contribution in [2.75, 3.05) is 23.0 Å². The zero-order valence-corrected chi connectivity index (χ0v) is 22.1. The first-order valence-electron chi connectivity index (χ1n) is 12.7. The van der Waals surface area contributed by atoms with E-state index in [2.05, 4.69) is 41.8 Å². The van der Waals surface area contributed by atoms with Gasteiger partial charge in [0.2, 0.25) is 11.1 Å². The Morgan fingerprint density at radius 3 is 2.70 bits per heavy atom. The molecule has 7 nitrogen and oxygen atoms in total. The number of rotatable bonds is 9. The van der Waals surface area contributed by atoms with Crippen LogP contribution in [-0.2, 0) is 4.79 Å². The van der Waals surface area contributed by atoms with E-state index in [1.54, 1.807) is 11.8 Å². The van der Waals surface area contributed by atoms with Crippen LogP contribution in [0.1, 0.15) is 45.2 Å². The summed E-state index contributed by atoms with van der Waals surface area (Å²) in [6.45, 7) is 6.53. The molecule has 0 radical (unpaired) electrons. The second kappa shape index (κ2) is 11.1. The summed E-state index contributed by atoms with van der Waals surface area (Å²) in [6, 6.07) is 21.5. The monoisotopic (exact) mass is 513 g/mol. The molecule has 0 saturated heterocycles. The van der Waals surface area contributed by atoms with Crippen molar-refractivity contribution in [2.45, 2.75) is 44.8 Å². The second-order valence-corrected chi connectivity index (χ2v) is 9.94. The molecule has 37 heavy (non-hydrogen) atoms. The van der Waals surface area contributed by atoms with Gasteiger partial charge in [-0.3, -0.25) is 4.79 Å². The molecule has 5 rings (SSSR count). The van der Waals surface area contributed by atoms with E-state index in [1.165, 1.54) is 0 Å². The van der Waals surface area contributed by atoms with Crippen LogP contribution in [0.5, 0.6) is 5.75 Å². The number of carbonyl (C=O) groups is 1. The molecule has 3 aromatic carbocycles. The maximum atomic E-state index is 14.0. The summed E-state index contributed by atoms with van der Waals surface area (Å²) in [5.41, 5.74) is 2.96. The van der Waals surface area contributed by atoms with E-state index in [0.717, 1.165) is 40.6 Å². The average molecular weight is 514 g/mol. The molecule has 0 saturated carbocycles. The Morgan fingerprint density at radius 1 is 1.08 bits per heavy atom. The van der Waals surface area contributed by atoms with Gasteiger partial charge in [0, 0.05) is 11.4 Å². The molecule has 190 valence electrons. The van der Waals surface area contributed by atoms with Crippen LogP contribution < -0.4 is 15.4 Å². The number of thioether (sulfide) groups is 1. The Hall–Kier alpha value is -3.78. The summed E-state index contributed by atoms with van der Waals surface area (Å²) < 4.78 is 7.60. The van der Waals surface area contributed by atoms with E-state index < -0.39 is 6.04 Å². The molecule has 1 aromatic heterocycles. The van der Waals surface area contributed by atoms with Crippen molar-refractivity contribution in [2.24, 2.45) is 0 Å². The maximum absolute atomic E-state index is 14.0. The predicted molar refractivity (Wildman–Crippen MR) is 150 cm³/mol. The van der Waals surface area contributed by atoms with E-state index in [9.17, 15) is 4.79 Å². The summed E-state index contributed by atoms with van der Waals surface area (Å²) in [5.74, 6) is 2.02. The molecule has 2 heterocycles. The number of fused-ring (bicyclic) bond motifs is 2. The van der Waals surface area contributed by atoms with Gasteiger partial charge in [-0.15, -0.1) is 5.10 Å². The lowest BCUT2D eigenvalue weighted by atomic mass is 9.91. The number of anilines is 2. The topological polar surface area (TPSA) is 81.1 Å². The Bertz CT molecular complexity index is 1460. The Labute approximate surface area is 221 Å². The maximum Gasteiger partial charge on any atom is 0.255 e. The van der Waals surface area contributed by atoms with Crippen molar-refractivity contribution in [3.05, 3.63) is 83.6 Å². The molecular formula is C29H31N5O2S. The summed E-state index contributed by atoms with van der Waals surface area (Å²) in [4.78, 5) is 18.7. The molecule has 1 aliphatic heterocycles. The van der Waals surface area contributed by atoms with Crippen LogP contribution in [0.25, 0.3) is 10.8 Å². The van der Waals surface area contributed by atoms with E-state index in [1.807, 2.05) is 61.0 Å². The highest BCUT2D eigenvalue weighted by atomic mass is 32.2. The van der Waals surface area contributed by atoms with Gasteiger partial charge in [0.1, 0.15) is 11.8 Å². The van der Waals surface area contributed by atoms with Gasteiger partial charge in [0.25, 0.3) is 5.91 Å². The fourth-order valence-corrected chi connectivity index (χ4v) is 5.52. The summed E-state index contributed by atoms with van der Waals surface area (Å²) in [7, 11) is 0. The molecule has 0 aliphatic carbocycles. The molecule has 1 amide bonds. The largest absolute Gasteiger partial charge is 0.492 e. The number of benzene rings is 3. The molecule has 1 aliphatic rings. The van der Waals surface area contributed by atoms with Gasteiger partial charge in [-0.1, -0.05) is 79.7 Å². The molecular weight excluding hydrogens is 482 g/mol. The third-order valence-corrected chi connectivity index (χ3v) is 7.28. The van der Waals surface area contributed by atoms with E-state index >= 15 is 0 Å². The first kappa shape index (κ1) is 24.9. The standard InChI is InChI=1S/C29H31N5O2S/c1-4-6-18-37-29-32-28-30-19(3)25(27(35)31-23-16-9-10-17-24(23)36-5-2)26(34(28)33-29)22-15-11-13-20-12-7-8-14-21(20)22/h7-17,26H,4-6,18H2,1-3H3,(H,31,35)(H,30,32,33). The SMILES string of the molecule is CCCCSc1nc2n(n1)C(c1cccc3ccccc13)C(C(=O)Nc1ccccc1OCC)=C(C)N2. The molecule has 0 bridgehead atoms. The van der Waals surface area contributed by atoms with E-state index in [0.29, 0.717) is 34.7 Å². The highest BCUT2D eigenvalue weighted by Gasteiger charge is 2.35. The van der Waals surface area contributed by atoms with E-state index in [4.69, 9.17) is 14.8 Å². The molecule has 2 N–H and O–H groups in total. The third-order valence-electron chi connectivity index (χ3n) is 6.36. The number of unbranched alkanes of at least 4 members (excludes halogenated alkanes) is 1. The molecule has 0 fully saturated rings. The van der Waals surface area contributed by atoms with Gasteiger partial charge >= 0.3 is 0 Å². The van der Waals surface area contributed by atoms with Crippen molar-refractivity contribution in [3.63, 3.8) is 0 Å². The molecule has 1 atom stereocenters. The van der Waals surface area contributed by atoms with Crippen LogP contribution >= 0.6 is 11.8 Å². The number of nitrogens with zero attached hydrogens (tertiary/aromatic N) is 3. The number of para-hydroxylation sites is 2. The zero-order chi connectivity index (χ0) is 25.8. The average Bonchev–Trinajstić information content (AvgIpc) is 3.31. The molecule has 8 heteroatoms. The molecule has 1 unspecified atom stereocenters. The van der Waals surface area contributed by atoms with Crippen LogP contribution in [0.2, 0.25) is 0 Å². The second-order valence-electron chi connectivity index (χ2n) is 8.88. The Kier molecular flexibility index (Phi) is 7.46. The summed E-state index contributed by atoms with van der Waals surface area (Å²) in [5, 5.41) is 14.2. The van der Waals surface area contributed by atoms with Crippen molar-refractivity contribution in [1.82, 2.24) is 14.8 Å². The van der Waals surface area contributed by atoms with Crippen LogP contribution in [-0.4, -0.2) is 33.0 Å². The first-order chi connectivity index (χ1) is 18.1. The lowest BCUT2D eigenvalue weighted by molar-refractivity contribution is -0.113. The fourth-order valence-electron chi connectivity index (χ4n) is 4.61. The Morgan fingerprint density at radius 2 is 1.86 bits per heavy atom. The minimum Gasteiger partial charge on any atom is -0.492 e. The van der Waals surface area contributed by atoms with Crippen LogP contribution in [0.4, 0.5) is 11.6 Å². The van der Waals surface area contributed by atoms with Crippen LogP contribution in [0, 0.1) is 0 Å². The zero-order valence-electron chi connectivity index (χ0n) is 21.3. The summed E-state index contributed by atoms with van der Waals surface area (Å²) >= 11 is 1.64. The third kappa shape index (κ3) is 5.06. The lowest BCUT2D eigenvalue weighted by Gasteiger charge is -2.29. The Balaban J connectivity index is 1.60. The lowest BCUT2D eigenvalue weighted by Crippen LogP contribution is -2.31. The normalized spacial score (nSPS) is 14.8.